The molecule has 2 rings (SSSR count). The van der Waals surface area contributed by atoms with E-state index in [4.69, 9.17) is 0 Å². The summed E-state index contributed by atoms with van der Waals surface area (Å²) in [6.45, 7) is 11.3. The van der Waals surface area contributed by atoms with Crippen LogP contribution in [0.3, 0.4) is 0 Å². The Morgan fingerprint density at radius 1 is 1.32 bits per heavy atom. The third kappa shape index (κ3) is 3.50. The van der Waals surface area contributed by atoms with Crippen molar-refractivity contribution in [1.29, 1.82) is 0 Å². The van der Waals surface area contributed by atoms with E-state index in [9.17, 15) is 0 Å². The molecule has 2 atom stereocenters. The summed E-state index contributed by atoms with van der Waals surface area (Å²) in [5, 5.41) is 3.67. The molecule has 1 aromatic rings. The summed E-state index contributed by atoms with van der Waals surface area (Å²) in [6.07, 6.45) is 3.75. The molecule has 0 amide bonds. The highest BCUT2D eigenvalue weighted by Gasteiger charge is 2.25. The van der Waals surface area contributed by atoms with Gasteiger partial charge in [-0.2, -0.15) is 0 Å². The molecule has 0 saturated carbocycles. The fraction of sp³-hybridized carbons (Fsp3) is 0.647. The minimum absolute atomic E-state index is 0.628. The molecule has 1 heterocycles. The second kappa shape index (κ2) is 6.42. The predicted octanol–water partition coefficient (Wildman–Crippen LogP) is 3.66. The van der Waals surface area contributed by atoms with Gasteiger partial charge >= 0.3 is 0 Å². The average molecular weight is 260 g/mol. The molecule has 0 radical (unpaired) electrons. The molecule has 1 aliphatic rings. The standard InChI is InChI=1S/C17H28N2/c1-5-9-18-16-8-10-19(15(4)12-16)17-11-13(2)6-7-14(17)3/h6-7,11,15-16,18H,5,8-10,12H2,1-4H3. The van der Waals surface area contributed by atoms with Gasteiger partial charge < -0.3 is 10.2 Å². The van der Waals surface area contributed by atoms with Gasteiger partial charge in [0.15, 0.2) is 0 Å². The van der Waals surface area contributed by atoms with Crippen LogP contribution in [0.1, 0.15) is 44.2 Å². The molecule has 1 N–H and O–H groups in total. The maximum Gasteiger partial charge on any atom is 0.0400 e. The van der Waals surface area contributed by atoms with Gasteiger partial charge in [-0.1, -0.05) is 19.1 Å². The minimum Gasteiger partial charge on any atom is -0.368 e. The van der Waals surface area contributed by atoms with Gasteiger partial charge in [0.2, 0.25) is 0 Å². The Kier molecular flexibility index (Phi) is 4.87. The lowest BCUT2D eigenvalue weighted by Crippen LogP contribution is -2.48. The van der Waals surface area contributed by atoms with E-state index in [-0.39, 0.29) is 0 Å². The van der Waals surface area contributed by atoms with E-state index in [1.54, 1.807) is 0 Å². The number of hydrogen-bond acceptors (Lipinski definition) is 2. The quantitative estimate of drug-likeness (QED) is 0.889. The largest absolute Gasteiger partial charge is 0.368 e. The zero-order valence-electron chi connectivity index (χ0n) is 12.9. The van der Waals surface area contributed by atoms with Crippen molar-refractivity contribution in [3.05, 3.63) is 29.3 Å². The molecule has 2 nitrogen and oxygen atoms in total. The summed E-state index contributed by atoms with van der Waals surface area (Å²) in [4.78, 5) is 2.59. The average Bonchev–Trinajstić information content (AvgIpc) is 2.40. The second-order valence-corrected chi connectivity index (χ2v) is 6.01. The van der Waals surface area contributed by atoms with Crippen LogP contribution in [-0.4, -0.2) is 25.2 Å². The van der Waals surface area contributed by atoms with Crippen LogP contribution >= 0.6 is 0 Å². The van der Waals surface area contributed by atoms with Gasteiger partial charge in [0, 0.05) is 24.3 Å². The molecule has 0 aliphatic carbocycles. The first-order valence-corrected chi connectivity index (χ1v) is 7.69. The highest BCUT2D eigenvalue weighted by Crippen LogP contribution is 2.28. The molecule has 19 heavy (non-hydrogen) atoms. The zero-order valence-corrected chi connectivity index (χ0v) is 12.9. The van der Waals surface area contributed by atoms with Crippen molar-refractivity contribution >= 4 is 5.69 Å². The van der Waals surface area contributed by atoms with Crippen molar-refractivity contribution < 1.29 is 0 Å². The number of benzene rings is 1. The van der Waals surface area contributed by atoms with Gasteiger partial charge in [0.05, 0.1) is 0 Å². The first-order chi connectivity index (χ1) is 9.11. The van der Waals surface area contributed by atoms with Crippen LogP contribution in [0.5, 0.6) is 0 Å². The molecule has 106 valence electrons. The molecule has 2 heteroatoms. The molecular weight excluding hydrogens is 232 g/mol. The summed E-state index contributed by atoms with van der Waals surface area (Å²) in [5.74, 6) is 0. The van der Waals surface area contributed by atoms with Crippen LogP contribution in [0.15, 0.2) is 18.2 Å². The highest BCUT2D eigenvalue weighted by atomic mass is 15.2. The fourth-order valence-corrected chi connectivity index (χ4v) is 3.09. The fourth-order valence-electron chi connectivity index (χ4n) is 3.09. The maximum absolute atomic E-state index is 3.67. The molecular formula is C17H28N2. The maximum atomic E-state index is 3.67. The van der Waals surface area contributed by atoms with E-state index in [2.05, 4.69) is 56.1 Å². The van der Waals surface area contributed by atoms with Gasteiger partial charge in [0.1, 0.15) is 0 Å². The molecule has 2 unspecified atom stereocenters. The second-order valence-electron chi connectivity index (χ2n) is 6.01. The van der Waals surface area contributed by atoms with Crippen molar-refractivity contribution in [2.75, 3.05) is 18.0 Å². The van der Waals surface area contributed by atoms with Crippen LogP contribution < -0.4 is 10.2 Å². The van der Waals surface area contributed by atoms with Crippen LogP contribution in [0.4, 0.5) is 5.69 Å². The molecule has 0 aromatic heterocycles. The van der Waals surface area contributed by atoms with Gasteiger partial charge in [-0.25, -0.2) is 0 Å². The van der Waals surface area contributed by atoms with Crippen molar-refractivity contribution in [2.45, 2.75) is 59.0 Å². The van der Waals surface area contributed by atoms with Crippen molar-refractivity contribution in [3.8, 4) is 0 Å². The van der Waals surface area contributed by atoms with E-state index < -0.39 is 0 Å². The Balaban J connectivity index is 2.05. The van der Waals surface area contributed by atoms with Crippen molar-refractivity contribution in [2.24, 2.45) is 0 Å². The topological polar surface area (TPSA) is 15.3 Å². The molecule has 1 saturated heterocycles. The minimum atomic E-state index is 0.628. The third-order valence-corrected chi connectivity index (χ3v) is 4.23. The summed E-state index contributed by atoms with van der Waals surface area (Å²) in [5.41, 5.74) is 4.19. The van der Waals surface area contributed by atoms with Crippen LogP contribution in [0, 0.1) is 13.8 Å². The molecule has 1 aromatic carbocycles. The van der Waals surface area contributed by atoms with Crippen LogP contribution in [-0.2, 0) is 0 Å². The van der Waals surface area contributed by atoms with Crippen LogP contribution in [0.25, 0.3) is 0 Å². The Hall–Kier alpha value is -1.02. The summed E-state index contributed by atoms with van der Waals surface area (Å²) in [6, 6.07) is 8.13. The third-order valence-electron chi connectivity index (χ3n) is 4.23. The smallest absolute Gasteiger partial charge is 0.0400 e. The molecule has 0 bridgehead atoms. The van der Waals surface area contributed by atoms with Crippen molar-refractivity contribution in [3.63, 3.8) is 0 Å². The monoisotopic (exact) mass is 260 g/mol. The SMILES string of the molecule is CCCNC1CCN(c2cc(C)ccc2C)C(C)C1. The number of anilines is 1. The molecule has 0 spiro atoms. The molecule has 1 aliphatic heterocycles. The Morgan fingerprint density at radius 3 is 2.79 bits per heavy atom. The van der Waals surface area contributed by atoms with Gasteiger partial charge in [-0.05, 0) is 63.8 Å². The van der Waals surface area contributed by atoms with Gasteiger partial charge in [0.25, 0.3) is 0 Å². The van der Waals surface area contributed by atoms with E-state index in [1.807, 2.05) is 0 Å². The Morgan fingerprint density at radius 2 is 2.11 bits per heavy atom. The van der Waals surface area contributed by atoms with E-state index >= 15 is 0 Å². The molecule has 1 fully saturated rings. The van der Waals surface area contributed by atoms with E-state index in [0.717, 1.165) is 6.54 Å². The van der Waals surface area contributed by atoms with Gasteiger partial charge in [-0.3, -0.25) is 0 Å². The normalized spacial score (nSPS) is 23.7. The van der Waals surface area contributed by atoms with Gasteiger partial charge in [-0.15, -0.1) is 0 Å². The number of aryl methyl sites for hydroxylation is 2. The Bertz CT molecular complexity index is 414. The first-order valence-electron chi connectivity index (χ1n) is 7.69. The lowest BCUT2D eigenvalue weighted by Gasteiger charge is -2.40. The Labute approximate surface area is 118 Å². The number of rotatable bonds is 4. The van der Waals surface area contributed by atoms with E-state index in [0.29, 0.717) is 12.1 Å². The number of piperidine rings is 1. The highest BCUT2D eigenvalue weighted by molar-refractivity contribution is 5.56. The van der Waals surface area contributed by atoms with Crippen molar-refractivity contribution in [1.82, 2.24) is 5.32 Å². The lowest BCUT2D eigenvalue weighted by atomic mass is 9.96. The predicted molar refractivity (Wildman–Crippen MR) is 84.0 cm³/mol. The summed E-state index contributed by atoms with van der Waals surface area (Å²) < 4.78 is 0. The number of hydrogen-bond donors (Lipinski definition) is 1. The number of nitrogens with one attached hydrogen (secondary N) is 1. The van der Waals surface area contributed by atoms with Crippen LogP contribution in [0.2, 0.25) is 0 Å². The van der Waals surface area contributed by atoms with E-state index in [1.165, 1.54) is 42.6 Å². The summed E-state index contributed by atoms with van der Waals surface area (Å²) >= 11 is 0. The summed E-state index contributed by atoms with van der Waals surface area (Å²) in [7, 11) is 0. The lowest BCUT2D eigenvalue weighted by molar-refractivity contribution is 0.368. The number of nitrogens with zero attached hydrogens (tertiary/aromatic N) is 1. The zero-order chi connectivity index (χ0) is 13.8. The first kappa shape index (κ1) is 14.4.